The lowest BCUT2D eigenvalue weighted by atomic mass is 10.2. The second-order valence-corrected chi connectivity index (χ2v) is 4.00. The van der Waals surface area contributed by atoms with Crippen molar-refractivity contribution < 1.29 is 14.3 Å². The third kappa shape index (κ3) is 2.76. The Kier molecular flexibility index (Phi) is 3.85. The SMILES string of the molecule is CCOC(=O)Cn1ccc(=O)c2ccc(OC)cc21. The molecule has 5 nitrogen and oxygen atoms in total. The van der Waals surface area contributed by atoms with Crippen LogP contribution in [0.2, 0.25) is 0 Å². The van der Waals surface area contributed by atoms with Crippen LogP contribution < -0.4 is 10.2 Å². The van der Waals surface area contributed by atoms with Gasteiger partial charge in [0.15, 0.2) is 5.43 Å². The van der Waals surface area contributed by atoms with Crippen LogP contribution in [-0.4, -0.2) is 24.3 Å². The number of aromatic nitrogens is 1. The van der Waals surface area contributed by atoms with Gasteiger partial charge in [0.1, 0.15) is 12.3 Å². The summed E-state index contributed by atoms with van der Waals surface area (Å²) < 4.78 is 11.7. The highest BCUT2D eigenvalue weighted by Gasteiger charge is 2.08. The molecule has 0 unspecified atom stereocenters. The van der Waals surface area contributed by atoms with E-state index in [1.165, 1.54) is 6.07 Å². The third-order valence-corrected chi connectivity index (χ3v) is 2.79. The molecule has 100 valence electrons. The molecule has 0 aliphatic carbocycles. The van der Waals surface area contributed by atoms with Crippen molar-refractivity contribution in [2.45, 2.75) is 13.5 Å². The first kappa shape index (κ1) is 13.1. The molecule has 0 atom stereocenters. The zero-order valence-corrected chi connectivity index (χ0v) is 10.9. The van der Waals surface area contributed by atoms with Crippen LogP contribution in [0.3, 0.4) is 0 Å². The van der Waals surface area contributed by atoms with Crippen LogP contribution in [0.15, 0.2) is 35.3 Å². The molecule has 0 saturated carbocycles. The Hall–Kier alpha value is -2.30. The maximum atomic E-state index is 11.8. The Labute approximate surface area is 110 Å². The zero-order chi connectivity index (χ0) is 13.8. The van der Waals surface area contributed by atoms with Crippen LogP contribution in [0.4, 0.5) is 0 Å². The highest BCUT2D eigenvalue weighted by molar-refractivity contribution is 5.82. The number of methoxy groups -OCH3 is 1. The number of ether oxygens (including phenoxy) is 2. The molecular formula is C14H15NO4. The number of nitrogens with zero attached hydrogens (tertiary/aromatic N) is 1. The van der Waals surface area contributed by atoms with E-state index in [1.807, 2.05) is 0 Å². The van der Waals surface area contributed by atoms with Crippen molar-refractivity contribution in [2.75, 3.05) is 13.7 Å². The molecule has 0 fully saturated rings. The van der Waals surface area contributed by atoms with Crippen molar-refractivity contribution in [3.63, 3.8) is 0 Å². The minimum atomic E-state index is -0.338. The molecule has 0 amide bonds. The predicted molar refractivity (Wildman–Crippen MR) is 71.4 cm³/mol. The van der Waals surface area contributed by atoms with Gasteiger partial charge in [-0.15, -0.1) is 0 Å². The largest absolute Gasteiger partial charge is 0.497 e. The summed E-state index contributed by atoms with van der Waals surface area (Å²) in [6, 6.07) is 6.58. The van der Waals surface area contributed by atoms with E-state index >= 15 is 0 Å². The van der Waals surface area contributed by atoms with Gasteiger partial charge < -0.3 is 14.0 Å². The summed E-state index contributed by atoms with van der Waals surface area (Å²) >= 11 is 0. The van der Waals surface area contributed by atoms with Gasteiger partial charge in [-0.1, -0.05) is 0 Å². The molecule has 2 rings (SSSR count). The lowest BCUT2D eigenvalue weighted by Gasteiger charge is -2.11. The molecule has 0 bridgehead atoms. The maximum absolute atomic E-state index is 11.8. The van der Waals surface area contributed by atoms with Crippen LogP contribution in [0.25, 0.3) is 10.9 Å². The number of carbonyl (C=O) groups is 1. The van der Waals surface area contributed by atoms with Crippen molar-refractivity contribution >= 4 is 16.9 Å². The average Bonchev–Trinajstić information content (AvgIpc) is 2.42. The lowest BCUT2D eigenvalue weighted by Crippen LogP contribution is -2.16. The smallest absolute Gasteiger partial charge is 0.325 e. The van der Waals surface area contributed by atoms with Gasteiger partial charge in [0.05, 0.1) is 19.2 Å². The Morgan fingerprint density at radius 1 is 1.32 bits per heavy atom. The highest BCUT2D eigenvalue weighted by atomic mass is 16.5. The maximum Gasteiger partial charge on any atom is 0.325 e. The molecule has 19 heavy (non-hydrogen) atoms. The van der Waals surface area contributed by atoms with E-state index in [1.54, 1.807) is 43.0 Å². The van der Waals surface area contributed by atoms with Crippen molar-refractivity contribution in [3.05, 3.63) is 40.7 Å². The van der Waals surface area contributed by atoms with Gasteiger partial charge >= 0.3 is 5.97 Å². The van der Waals surface area contributed by atoms with Crippen molar-refractivity contribution in [3.8, 4) is 5.75 Å². The van der Waals surface area contributed by atoms with Gasteiger partial charge in [-0.25, -0.2) is 0 Å². The monoisotopic (exact) mass is 261 g/mol. The van der Waals surface area contributed by atoms with Crippen LogP contribution in [0, 0.1) is 0 Å². The van der Waals surface area contributed by atoms with Gasteiger partial charge in [0, 0.05) is 23.7 Å². The summed E-state index contributed by atoms with van der Waals surface area (Å²) in [5.41, 5.74) is 0.567. The summed E-state index contributed by atoms with van der Waals surface area (Å²) in [5.74, 6) is 0.297. The molecule has 0 spiro atoms. The molecule has 0 N–H and O–H groups in total. The predicted octanol–water partition coefficient (Wildman–Crippen LogP) is 1.57. The molecule has 5 heteroatoms. The van der Waals surface area contributed by atoms with E-state index in [2.05, 4.69) is 0 Å². The Balaban J connectivity index is 2.51. The summed E-state index contributed by atoms with van der Waals surface area (Å²) in [5, 5.41) is 0.549. The van der Waals surface area contributed by atoms with E-state index in [9.17, 15) is 9.59 Å². The van der Waals surface area contributed by atoms with Crippen LogP contribution in [-0.2, 0) is 16.1 Å². The van der Waals surface area contributed by atoms with Crippen molar-refractivity contribution in [2.24, 2.45) is 0 Å². The Morgan fingerprint density at radius 3 is 2.79 bits per heavy atom. The van der Waals surface area contributed by atoms with Gasteiger partial charge in [0.25, 0.3) is 0 Å². The van der Waals surface area contributed by atoms with Crippen LogP contribution in [0.1, 0.15) is 6.92 Å². The molecule has 0 aliphatic rings. The quantitative estimate of drug-likeness (QED) is 0.784. The second kappa shape index (κ2) is 5.56. The van der Waals surface area contributed by atoms with E-state index in [-0.39, 0.29) is 17.9 Å². The highest BCUT2D eigenvalue weighted by Crippen LogP contribution is 2.18. The summed E-state index contributed by atoms with van der Waals surface area (Å²) in [7, 11) is 1.55. The third-order valence-electron chi connectivity index (χ3n) is 2.79. The van der Waals surface area contributed by atoms with E-state index < -0.39 is 0 Å². The number of pyridine rings is 1. The number of esters is 1. The fourth-order valence-electron chi connectivity index (χ4n) is 1.90. The van der Waals surface area contributed by atoms with Crippen LogP contribution >= 0.6 is 0 Å². The summed E-state index contributed by atoms with van der Waals surface area (Å²) in [6.45, 7) is 2.16. The van der Waals surface area contributed by atoms with Gasteiger partial charge in [0.2, 0.25) is 0 Å². The number of rotatable bonds is 4. The molecule has 1 aromatic carbocycles. The number of fused-ring (bicyclic) bond motifs is 1. The summed E-state index contributed by atoms with van der Waals surface area (Å²) in [4.78, 5) is 23.3. The minimum absolute atomic E-state index is 0.0672. The van der Waals surface area contributed by atoms with Gasteiger partial charge in [-0.2, -0.15) is 0 Å². The number of benzene rings is 1. The van der Waals surface area contributed by atoms with E-state index in [0.717, 1.165) is 0 Å². The molecule has 0 aliphatic heterocycles. The van der Waals surface area contributed by atoms with E-state index in [4.69, 9.17) is 9.47 Å². The molecule has 0 saturated heterocycles. The normalized spacial score (nSPS) is 10.4. The fraction of sp³-hybridized carbons (Fsp3) is 0.286. The molecule has 0 radical (unpaired) electrons. The van der Waals surface area contributed by atoms with Gasteiger partial charge in [-0.3, -0.25) is 9.59 Å². The molecule has 2 aromatic rings. The standard InChI is InChI=1S/C14H15NO4/c1-3-19-14(17)9-15-7-6-13(16)11-5-4-10(18-2)8-12(11)15/h4-8H,3,9H2,1-2H3. The van der Waals surface area contributed by atoms with Crippen molar-refractivity contribution in [1.82, 2.24) is 4.57 Å². The molecular weight excluding hydrogens is 246 g/mol. The number of hydrogen-bond donors (Lipinski definition) is 0. The first-order chi connectivity index (χ1) is 9.15. The van der Waals surface area contributed by atoms with Crippen molar-refractivity contribution in [1.29, 1.82) is 0 Å². The second-order valence-electron chi connectivity index (χ2n) is 4.00. The topological polar surface area (TPSA) is 57.5 Å². The summed E-state index contributed by atoms with van der Waals surface area (Å²) in [6.07, 6.45) is 1.58. The average molecular weight is 261 g/mol. The first-order valence-corrected chi connectivity index (χ1v) is 5.98. The zero-order valence-electron chi connectivity index (χ0n) is 10.9. The Morgan fingerprint density at radius 2 is 2.11 bits per heavy atom. The molecule has 1 aromatic heterocycles. The number of carbonyl (C=O) groups excluding carboxylic acids is 1. The fourth-order valence-corrected chi connectivity index (χ4v) is 1.90. The lowest BCUT2D eigenvalue weighted by molar-refractivity contribution is -0.143. The minimum Gasteiger partial charge on any atom is -0.497 e. The first-order valence-electron chi connectivity index (χ1n) is 5.98. The van der Waals surface area contributed by atoms with E-state index in [0.29, 0.717) is 23.3 Å². The van der Waals surface area contributed by atoms with Crippen LogP contribution in [0.5, 0.6) is 5.75 Å². The number of hydrogen-bond acceptors (Lipinski definition) is 4. The molecule has 1 heterocycles. The Bertz CT molecular complexity index is 660. The van der Waals surface area contributed by atoms with Gasteiger partial charge in [-0.05, 0) is 19.1 Å².